The smallest absolute Gasteiger partial charge is 0.0844 e. The SMILES string of the molecule is C=COCC.CCCCCCCCCCCCCCCCOCCCCCCCCCCCCCCCC. The van der Waals surface area contributed by atoms with Crippen LogP contribution in [0.25, 0.3) is 0 Å². The highest BCUT2D eigenvalue weighted by Gasteiger charge is 1.96. The summed E-state index contributed by atoms with van der Waals surface area (Å²) in [4.78, 5) is 0. The van der Waals surface area contributed by atoms with Gasteiger partial charge in [0.15, 0.2) is 0 Å². The molecule has 0 bridgehead atoms. The summed E-state index contributed by atoms with van der Waals surface area (Å²) >= 11 is 0. The molecule has 0 rings (SSSR count). The highest BCUT2D eigenvalue weighted by molar-refractivity contribution is 4.51. The molecule has 0 atom stereocenters. The Kier molecular flexibility index (Phi) is 42.8. The molecule has 0 unspecified atom stereocenters. The van der Waals surface area contributed by atoms with Gasteiger partial charge in [0.2, 0.25) is 0 Å². The normalized spacial score (nSPS) is 10.8. The zero-order valence-corrected chi connectivity index (χ0v) is 27.0. The third-order valence-electron chi connectivity index (χ3n) is 7.57. The van der Waals surface area contributed by atoms with E-state index in [0.717, 1.165) is 19.8 Å². The maximum atomic E-state index is 5.85. The molecule has 2 heteroatoms. The Morgan fingerprint density at radius 3 is 0.789 bits per heavy atom. The molecule has 38 heavy (non-hydrogen) atoms. The van der Waals surface area contributed by atoms with E-state index in [1.807, 2.05) is 6.92 Å². The number of unbranched alkanes of at least 4 members (excludes halogenated alkanes) is 26. The lowest BCUT2D eigenvalue weighted by molar-refractivity contribution is 0.125. The summed E-state index contributed by atoms with van der Waals surface area (Å²) in [6, 6.07) is 0. The van der Waals surface area contributed by atoms with Crippen LogP contribution in [0.4, 0.5) is 0 Å². The van der Waals surface area contributed by atoms with Gasteiger partial charge in [0, 0.05) is 13.2 Å². The Bertz CT molecular complexity index is 352. The van der Waals surface area contributed by atoms with Gasteiger partial charge in [-0.15, -0.1) is 0 Å². The molecule has 2 nitrogen and oxygen atoms in total. The molecule has 0 aliphatic carbocycles. The minimum absolute atomic E-state index is 0.726. The summed E-state index contributed by atoms with van der Waals surface area (Å²) in [6.07, 6.45) is 41.5. The van der Waals surface area contributed by atoms with Crippen LogP contribution in [-0.2, 0) is 9.47 Å². The predicted molar refractivity (Wildman–Crippen MR) is 173 cm³/mol. The number of rotatable bonds is 32. The summed E-state index contributed by atoms with van der Waals surface area (Å²) in [5, 5.41) is 0. The summed E-state index contributed by atoms with van der Waals surface area (Å²) in [5.41, 5.74) is 0. The van der Waals surface area contributed by atoms with Gasteiger partial charge in [-0.05, 0) is 19.8 Å². The molecule has 0 aromatic heterocycles. The Hall–Kier alpha value is -0.500. The van der Waals surface area contributed by atoms with Gasteiger partial charge in [0.1, 0.15) is 0 Å². The molecular formula is C36H74O2. The lowest BCUT2D eigenvalue weighted by atomic mass is 10.0. The molecule has 0 saturated carbocycles. The molecule has 0 aliphatic rings. The standard InChI is InChI=1S/C32H66O.C4H8O/c1-3-5-7-9-11-13-15-17-19-21-23-25-27-29-31-33-32-30-28-26-24-22-20-18-16-14-12-10-8-6-4-2;1-3-5-4-2/h3-32H2,1-2H3;3H,1,4H2,2H3. The molecular weight excluding hydrogens is 464 g/mol. The van der Waals surface area contributed by atoms with Gasteiger partial charge in [0.25, 0.3) is 0 Å². The van der Waals surface area contributed by atoms with Gasteiger partial charge < -0.3 is 9.47 Å². The quantitative estimate of drug-likeness (QED) is 0.0626. The topological polar surface area (TPSA) is 18.5 Å². The Balaban J connectivity index is 0. The van der Waals surface area contributed by atoms with Crippen molar-refractivity contribution in [3.63, 3.8) is 0 Å². The van der Waals surface area contributed by atoms with Gasteiger partial charge in [-0.1, -0.05) is 187 Å². The van der Waals surface area contributed by atoms with E-state index in [-0.39, 0.29) is 0 Å². The lowest BCUT2D eigenvalue weighted by Gasteiger charge is -2.05. The highest BCUT2D eigenvalue weighted by atomic mass is 16.5. The summed E-state index contributed by atoms with van der Waals surface area (Å²) in [5.74, 6) is 0. The lowest BCUT2D eigenvalue weighted by Crippen LogP contribution is -1.97. The molecule has 0 fully saturated rings. The Morgan fingerprint density at radius 2 is 0.605 bits per heavy atom. The Labute approximate surface area is 242 Å². The zero-order chi connectivity index (χ0) is 28.0. The van der Waals surface area contributed by atoms with E-state index in [2.05, 4.69) is 25.2 Å². The van der Waals surface area contributed by atoms with Crippen LogP contribution >= 0.6 is 0 Å². The van der Waals surface area contributed by atoms with Crippen LogP contribution in [0, 0.1) is 0 Å². The molecule has 230 valence electrons. The van der Waals surface area contributed by atoms with E-state index in [9.17, 15) is 0 Å². The second-order valence-corrected chi connectivity index (χ2v) is 11.4. The molecule has 0 saturated heterocycles. The Morgan fingerprint density at radius 1 is 0.368 bits per heavy atom. The average molecular weight is 539 g/mol. The van der Waals surface area contributed by atoms with Crippen LogP contribution in [0.2, 0.25) is 0 Å². The van der Waals surface area contributed by atoms with Crippen LogP contribution in [0.3, 0.4) is 0 Å². The molecule has 0 amide bonds. The van der Waals surface area contributed by atoms with Crippen molar-refractivity contribution in [2.45, 2.75) is 201 Å². The first-order valence-corrected chi connectivity index (χ1v) is 17.6. The number of hydrogen-bond donors (Lipinski definition) is 0. The van der Waals surface area contributed by atoms with Gasteiger partial charge in [-0.25, -0.2) is 0 Å². The number of hydrogen-bond acceptors (Lipinski definition) is 2. The van der Waals surface area contributed by atoms with E-state index in [4.69, 9.17) is 4.74 Å². The van der Waals surface area contributed by atoms with Crippen LogP contribution < -0.4 is 0 Å². The fourth-order valence-corrected chi connectivity index (χ4v) is 5.02. The van der Waals surface area contributed by atoms with E-state index < -0.39 is 0 Å². The van der Waals surface area contributed by atoms with Crippen molar-refractivity contribution in [2.24, 2.45) is 0 Å². The molecule has 0 aromatic carbocycles. The third kappa shape index (κ3) is 42.6. The van der Waals surface area contributed by atoms with Crippen molar-refractivity contribution in [3.8, 4) is 0 Å². The molecule has 0 heterocycles. The van der Waals surface area contributed by atoms with Crippen LogP contribution in [-0.4, -0.2) is 19.8 Å². The molecule has 0 aliphatic heterocycles. The van der Waals surface area contributed by atoms with Crippen molar-refractivity contribution in [3.05, 3.63) is 12.8 Å². The minimum atomic E-state index is 0.726. The van der Waals surface area contributed by atoms with Crippen LogP contribution in [0.15, 0.2) is 12.8 Å². The number of ether oxygens (including phenoxy) is 2. The van der Waals surface area contributed by atoms with Crippen molar-refractivity contribution in [2.75, 3.05) is 19.8 Å². The first kappa shape index (κ1) is 39.6. The average Bonchev–Trinajstić information content (AvgIpc) is 2.93. The van der Waals surface area contributed by atoms with Crippen LogP contribution in [0.5, 0.6) is 0 Å². The molecule has 0 N–H and O–H groups in total. The van der Waals surface area contributed by atoms with Gasteiger partial charge in [-0.2, -0.15) is 0 Å². The third-order valence-corrected chi connectivity index (χ3v) is 7.57. The van der Waals surface area contributed by atoms with Crippen molar-refractivity contribution in [1.82, 2.24) is 0 Å². The van der Waals surface area contributed by atoms with Crippen molar-refractivity contribution < 1.29 is 9.47 Å². The van der Waals surface area contributed by atoms with Gasteiger partial charge in [0.05, 0.1) is 12.9 Å². The summed E-state index contributed by atoms with van der Waals surface area (Å²) in [6.45, 7) is 12.6. The van der Waals surface area contributed by atoms with Crippen LogP contribution in [0.1, 0.15) is 201 Å². The summed E-state index contributed by atoms with van der Waals surface area (Å²) in [7, 11) is 0. The van der Waals surface area contributed by atoms with E-state index in [1.54, 1.807) is 0 Å². The second-order valence-electron chi connectivity index (χ2n) is 11.4. The first-order valence-electron chi connectivity index (χ1n) is 17.6. The second kappa shape index (κ2) is 41.0. The first-order chi connectivity index (χ1) is 18.8. The maximum Gasteiger partial charge on any atom is 0.0844 e. The highest BCUT2D eigenvalue weighted by Crippen LogP contribution is 2.14. The fourth-order valence-electron chi connectivity index (χ4n) is 5.02. The van der Waals surface area contributed by atoms with E-state index in [0.29, 0.717) is 0 Å². The molecule has 0 spiro atoms. The zero-order valence-electron chi connectivity index (χ0n) is 27.0. The maximum absolute atomic E-state index is 5.85. The van der Waals surface area contributed by atoms with E-state index in [1.165, 1.54) is 186 Å². The molecule has 0 radical (unpaired) electrons. The van der Waals surface area contributed by atoms with Crippen molar-refractivity contribution in [1.29, 1.82) is 0 Å². The summed E-state index contributed by atoms with van der Waals surface area (Å²) < 4.78 is 10.4. The molecule has 0 aromatic rings. The minimum Gasteiger partial charge on any atom is -0.502 e. The van der Waals surface area contributed by atoms with Gasteiger partial charge >= 0.3 is 0 Å². The monoisotopic (exact) mass is 539 g/mol. The van der Waals surface area contributed by atoms with Gasteiger partial charge in [-0.3, -0.25) is 0 Å². The van der Waals surface area contributed by atoms with E-state index >= 15 is 0 Å². The fraction of sp³-hybridized carbons (Fsp3) is 0.944. The van der Waals surface area contributed by atoms with Crippen molar-refractivity contribution >= 4 is 0 Å². The predicted octanol–water partition coefficient (Wildman–Crippen LogP) is 13.1. The largest absolute Gasteiger partial charge is 0.502 e.